The third kappa shape index (κ3) is 3.36. The first kappa shape index (κ1) is 17.2. The molecular formula is C21H26N4O. The van der Waals surface area contributed by atoms with Gasteiger partial charge in [0.15, 0.2) is 5.82 Å². The molecule has 1 fully saturated rings. The van der Waals surface area contributed by atoms with E-state index in [-0.39, 0.29) is 5.91 Å². The zero-order chi connectivity index (χ0) is 18.1. The Morgan fingerprint density at radius 1 is 1.12 bits per heavy atom. The van der Waals surface area contributed by atoms with E-state index in [1.807, 2.05) is 41.4 Å². The minimum absolute atomic E-state index is 0.199. The lowest BCUT2D eigenvalue weighted by Crippen LogP contribution is -2.48. The van der Waals surface area contributed by atoms with Gasteiger partial charge in [0, 0.05) is 36.0 Å². The monoisotopic (exact) mass is 350 g/mol. The number of carbonyl (C=O) groups is 1. The largest absolute Gasteiger partial charge is 0.331 e. The second kappa shape index (κ2) is 7.16. The molecular weight excluding hydrogens is 324 g/mol. The van der Waals surface area contributed by atoms with Crippen LogP contribution in [0.4, 0.5) is 0 Å². The first-order valence-electron chi connectivity index (χ1n) is 9.55. The van der Waals surface area contributed by atoms with Crippen molar-refractivity contribution in [3.05, 3.63) is 47.8 Å². The third-order valence-electron chi connectivity index (χ3n) is 5.73. The summed E-state index contributed by atoms with van der Waals surface area (Å²) in [7, 11) is 0. The Morgan fingerprint density at radius 2 is 1.85 bits per heavy atom. The van der Waals surface area contributed by atoms with E-state index >= 15 is 0 Å². The first-order valence-corrected chi connectivity index (χ1v) is 9.55. The van der Waals surface area contributed by atoms with Crippen molar-refractivity contribution in [2.75, 3.05) is 6.54 Å². The Morgan fingerprint density at radius 3 is 2.58 bits per heavy atom. The summed E-state index contributed by atoms with van der Waals surface area (Å²) in [5.41, 5.74) is 3.06. The van der Waals surface area contributed by atoms with Gasteiger partial charge >= 0.3 is 0 Å². The number of hydrogen-bond donors (Lipinski definition) is 0. The zero-order valence-corrected chi connectivity index (χ0v) is 15.6. The number of piperidine rings is 1. The summed E-state index contributed by atoms with van der Waals surface area (Å²) < 4.78 is 0. The number of benzene rings is 1. The van der Waals surface area contributed by atoms with Crippen LogP contribution in [0.15, 0.2) is 36.5 Å². The number of fused-ring (bicyclic) bond motifs is 1. The maximum Gasteiger partial charge on any atom is 0.237 e. The Balaban J connectivity index is 1.45. The molecule has 1 saturated heterocycles. The molecule has 0 N–H and O–H groups in total. The summed E-state index contributed by atoms with van der Waals surface area (Å²) in [5.74, 6) is 0.932. The van der Waals surface area contributed by atoms with Gasteiger partial charge in [0.25, 0.3) is 0 Å². The standard InChI is InChI=1S/C21H26N4O/c1-15-7-6-8-16(2)25(15)14-20(26)24-12-18-11-22-21(23-19(18)13-24)17-9-4-3-5-10-17/h3-5,9-11,15-16H,6-8,12-14H2,1-2H3/t15-,16+. The summed E-state index contributed by atoms with van der Waals surface area (Å²) in [5, 5.41) is 0. The van der Waals surface area contributed by atoms with Crippen LogP contribution in [0.2, 0.25) is 0 Å². The number of likely N-dealkylation sites (tertiary alicyclic amines) is 1. The van der Waals surface area contributed by atoms with Crippen molar-refractivity contribution in [2.24, 2.45) is 0 Å². The number of rotatable bonds is 3. The molecule has 2 aliphatic rings. The zero-order valence-electron chi connectivity index (χ0n) is 15.6. The fourth-order valence-corrected chi connectivity index (χ4v) is 4.10. The number of aromatic nitrogens is 2. The van der Waals surface area contributed by atoms with Gasteiger partial charge in [0.05, 0.1) is 18.8 Å². The molecule has 1 amide bonds. The number of nitrogens with zero attached hydrogens (tertiary/aromatic N) is 4. The van der Waals surface area contributed by atoms with Gasteiger partial charge in [-0.3, -0.25) is 9.69 Å². The second-order valence-electron chi connectivity index (χ2n) is 7.58. The van der Waals surface area contributed by atoms with E-state index in [4.69, 9.17) is 4.98 Å². The van der Waals surface area contributed by atoms with Crippen LogP contribution in [0.5, 0.6) is 0 Å². The van der Waals surface area contributed by atoms with E-state index in [1.54, 1.807) is 0 Å². The molecule has 5 nitrogen and oxygen atoms in total. The highest BCUT2D eigenvalue weighted by atomic mass is 16.2. The van der Waals surface area contributed by atoms with Crippen LogP contribution in [-0.2, 0) is 17.9 Å². The van der Waals surface area contributed by atoms with E-state index in [2.05, 4.69) is 23.7 Å². The highest BCUT2D eigenvalue weighted by molar-refractivity contribution is 5.79. The molecule has 0 aliphatic carbocycles. The summed E-state index contributed by atoms with van der Waals surface area (Å²) >= 11 is 0. The number of amides is 1. The molecule has 0 radical (unpaired) electrons. The Labute approximate surface area is 155 Å². The molecule has 0 spiro atoms. The van der Waals surface area contributed by atoms with Crippen molar-refractivity contribution in [2.45, 2.75) is 58.3 Å². The molecule has 1 aromatic heterocycles. The maximum absolute atomic E-state index is 12.9. The van der Waals surface area contributed by atoms with Crippen LogP contribution in [-0.4, -0.2) is 44.3 Å². The minimum atomic E-state index is 0.199. The molecule has 26 heavy (non-hydrogen) atoms. The fraction of sp³-hybridized carbons (Fsp3) is 0.476. The predicted molar refractivity (Wildman–Crippen MR) is 101 cm³/mol. The second-order valence-corrected chi connectivity index (χ2v) is 7.58. The van der Waals surface area contributed by atoms with Crippen LogP contribution in [0.1, 0.15) is 44.4 Å². The van der Waals surface area contributed by atoms with Gasteiger partial charge in [-0.1, -0.05) is 36.8 Å². The summed E-state index contributed by atoms with van der Waals surface area (Å²) in [6, 6.07) is 11.0. The topological polar surface area (TPSA) is 49.3 Å². The Kier molecular flexibility index (Phi) is 4.72. The molecule has 0 bridgehead atoms. The predicted octanol–water partition coefficient (Wildman–Crippen LogP) is 3.25. The van der Waals surface area contributed by atoms with Crippen molar-refractivity contribution < 1.29 is 4.79 Å². The molecule has 2 aromatic rings. The summed E-state index contributed by atoms with van der Waals surface area (Å²) in [6.07, 6.45) is 5.51. The molecule has 5 heteroatoms. The van der Waals surface area contributed by atoms with E-state index in [0.29, 0.717) is 31.7 Å². The van der Waals surface area contributed by atoms with E-state index in [1.165, 1.54) is 19.3 Å². The highest BCUT2D eigenvalue weighted by Gasteiger charge is 2.31. The molecule has 1 aromatic carbocycles. The minimum Gasteiger partial charge on any atom is -0.331 e. The van der Waals surface area contributed by atoms with E-state index in [9.17, 15) is 4.79 Å². The highest BCUT2D eigenvalue weighted by Crippen LogP contribution is 2.26. The number of carbonyl (C=O) groups excluding carboxylic acids is 1. The van der Waals surface area contributed by atoms with E-state index in [0.717, 1.165) is 22.6 Å². The molecule has 136 valence electrons. The lowest BCUT2D eigenvalue weighted by molar-refractivity contribution is -0.134. The lowest BCUT2D eigenvalue weighted by Gasteiger charge is -2.39. The summed E-state index contributed by atoms with van der Waals surface area (Å²) in [6.45, 7) is 6.20. The molecule has 3 heterocycles. The van der Waals surface area contributed by atoms with Crippen LogP contribution < -0.4 is 0 Å². The van der Waals surface area contributed by atoms with Crippen molar-refractivity contribution in [3.8, 4) is 11.4 Å². The van der Waals surface area contributed by atoms with Crippen molar-refractivity contribution in [1.82, 2.24) is 19.8 Å². The van der Waals surface area contributed by atoms with Gasteiger partial charge in [-0.15, -0.1) is 0 Å². The normalized spacial score (nSPS) is 23.1. The van der Waals surface area contributed by atoms with Crippen molar-refractivity contribution >= 4 is 5.91 Å². The fourth-order valence-electron chi connectivity index (χ4n) is 4.10. The molecule has 0 unspecified atom stereocenters. The Bertz CT molecular complexity index is 782. The molecule has 4 rings (SSSR count). The van der Waals surface area contributed by atoms with Gasteiger partial charge in [-0.25, -0.2) is 9.97 Å². The summed E-state index contributed by atoms with van der Waals surface area (Å²) in [4.78, 5) is 26.3. The van der Waals surface area contributed by atoms with Gasteiger partial charge in [0.1, 0.15) is 0 Å². The maximum atomic E-state index is 12.9. The molecule has 2 atom stereocenters. The van der Waals surface area contributed by atoms with Crippen LogP contribution in [0.25, 0.3) is 11.4 Å². The van der Waals surface area contributed by atoms with Gasteiger partial charge in [-0.2, -0.15) is 0 Å². The van der Waals surface area contributed by atoms with Crippen molar-refractivity contribution in [3.63, 3.8) is 0 Å². The van der Waals surface area contributed by atoms with Gasteiger partial charge < -0.3 is 4.90 Å². The van der Waals surface area contributed by atoms with Crippen molar-refractivity contribution in [1.29, 1.82) is 0 Å². The smallest absolute Gasteiger partial charge is 0.237 e. The SMILES string of the molecule is C[C@@H]1CCC[C@H](C)N1CC(=O)N1Cc2cnc(-c3ccccc3)nc2C1. The van der Waals surface area contributed by atoms with E-state index < -0.39 is 0 Å². The average Bonchev–Trinajstić information content (AvgIpc) is 3.09. The van der Waals surface area contributed by atoms with Gasteiger partial charge in [0.2, 0.25) is 5.91 Å². The third-order valence-corrected chi connectivity index (χ3v) is 5.73. The van der Waals surface area contributed by atoms with Crippen LogP contribution in [0.3, 0.4) is 0 Å². The van der Waals surface area contributed by atoms with Gasteiger partial charge in [-0.05, 0) is 26.7 Å². The van der Waals surface area contributed by atoms with Crippen LogP contribution in [0, 0.1) is 0 Å². The van der Waals surface area contributed by atoms with Crippen LogP contribution >= 0.6 is 0 Å². The lowest BCUT2D eigenvalue weighted by atomic mass is 9.97. The average molecular weight is 350 g/mol. The Hall–Kier alpha value is -2.27. The number of hydrogen-bond acceptors (Lipinski definition) is 4. The quantitative estimate of drug-likeness (QED) is 0.853. The molecule has 2 aliphatic heterocycles. The first-order chi connectivity index (χ1) is 12.6. The molecule has 0 saturated carbocycles.